The van der Waals surface area contributed by atoms with Crippen LogP contribution >= 0.6 is 0 Å². The van der Waals surface area contributed by atoms with Crippen LogP contribution in [0.1, 0.15) is 10.4 Å². The number of para-hydroxylation sites is 1. The molecule has 0 aliphatic carbocycles. The Bertz CT molecular complexity index is 835. The van der Waals surface area contributed by atoms with Crippen molar-refractivity contribution < 1.29 is 14.6 Å². The molecular weight excluding hydrogens is 280 g/mol. The standard InChI is InChI=1S/C17H16N2O3/c1-19-14-6-4-3-5-13(14)15(17(19)21)16(20)18-11-7-9-12(22-2)10-8-11/h3-10,21H,1-2H3,(H,18,20). The number of hydrogen-bond donors (Lipinski definition) is 2. The first-order valence-corrected chi connectivity index (χ1v) is 6.83. The fourth-order valence-electron chi connectivity index (χ4n) is 2.47. The Morgan fingerprint density at radius 2 is 1.82 bits per heavy atom. The summed E-state index contributed by atoms with van der Waals surface area (Å²) >= 11 is 0. The van der Waals surface area contributed by atoms with Gasteiger partial charge in [-0.15, -0.1) is 0 Å². The van der Waals surface area contributed by atoms with Crippen LogP contribution in [0.25, 0.3) is 10.9 Å². The molecule has 0 spiro atoms. The lowest BCUT2D eigenvalue weighted by Gasteiger charge is -2.06. The van der Waals surface area contributed by atoms with Crippen molar-refractivity contribution in [2.75, 3.05) is 12.4 Å². The van der Waals surface area contributed by atoms with Gasteiger partial charge in [-0.3, -0.25) is 4.79 Å². The van der Waals surface area contributed by atoms with Crippen LogP contribution in [0.4, 0.5) is 5.69 Å². The van der Waals surface area contributed by atoms with Crippen LogP contribution in [0.3, 0.4) is 0 Å². The van der Waals surface area contributed by atoms with Gasteiger partial charge in [-0.1, -0.05) is 18.2 Å². The van der Waals surface area contributed by atoms with Gasteiger partial charge >= 0.3 is 0 Å². The summed E-state index contributed by atoms with van der Waals surface area (Å²) in [7, 11) is 3.31. The molecule has 0 aliphatic heterocycles. The third-order valence-corrected chi connectivity index (χ3v) is 3.65. The average Bonchev–Trinajstić information content (AvgIpc) is 2.80. The Morgan fingerprint density at radius 3 is 2.50 bits per heavy atom. The maximum Gasteiger partial charge on any atom is 0.261 e. The number of anilines is 1. The number of hydrogen-bond acceptors (Lipinski definition) is 3. The molecule has 0 radical (unpaired) electrons. The van der Waals surface area contributed by atoms with Crippen molar-refractivity contribution in [2.24, 2.45) is 7.05 Å². The van der Waals surface area contributed by atoms with Gasteiger partial charge in [-0.25, -0.2) is 0 Å². The van der Waals surface area contributed by atoms with Crippen molar-refractivity contribution in [3.63, 3.8) is 0 Å². The molecule has 5 heteroatoms. The third-order valence-electron chi connectivity index (χ3n) is 3.65. The van der Waals surface area contributed by atoms with E-state index >= 15 is 0 Å². The molecule has 0 aliphatic rings. The van der Waals surface area contributed by atoms with Crippen LogP contribution in [0.2, 0.25) is 0 Å². The number of aromatic nitrogens is 1. The SMILES string of the molecule is COc1ccc(NC(=O)c2c(O)n(C)c3ccccc23)cc1. The molecular formula is C17H16N2O3. The van der Waals surface area contributed by atoms with E-state index in [1.165, 1.54) is 0 Å². The number of ether oxygens (including phenoxy) is 1. The highest BCUT2D eigenvalue weighted by Crippen LogP contribution is 2.30. The predicted molar refractivity (Wildman–Crippen MR) is 85.5 cm³/mol. The van der Waals surface area contributed by atoms with Gasteiger partial charge in [0.2, 0.25) is 5.88 Å². The van der Waals surface area contributed by atoms with E-state index in [9.17, 15) is 9.90 Å². The van der Waals surface area contributed by atoms with E-state index in [0.717, 1.165) is 5.52 Å². The first kappa shape index (κ1) is 14.0. The Morgan fingerprint density at radius 1 is 1.14 bits per heavy atom. The van der Waals surface area contributed by atoms with Crippen molar-refractivity contribution in [3.8, 4) is 11.6 Å². The Hall–Kier alpha value is -2.95. The van der Waals surface area contributed by atoms with Crippen LogP contribution in [-0.2, 0) is 7.05 Å². The first-order valence-electron chi connectivity index (χ1n) is 6.83. The minimum Gasteiger partial charge on any atom is -0.497 e. The zero-order valence-corrected chi connectivity index (χ0v) is 12.3. The Kier molecular flexibility index (Phi) is 3.47. The molecule has 3 rings (SSSR count). The molecule has 2 N–H and O–H groups in total. The first-order chi connectivity index (χ1) is 10.6. The number of carbonyl (C=O) groups excluding carboxylic acids is 1. The number of fused-ring (bicyclic) bond motifs is 1. The van der Waals surface area contributed by atoms with Crippen LogP contribution in [0.5, 0.6) is 11.6 Å². The maximum atomic E-state index is 12.5. The minimum absolute atomic E-state index is 0.0489. The van der Waals surface area contributed by atoms with E-state index in [4.69, 9.17) is 4.74 Å². The largest absolute Gasteiger partial charge is 0.497 e. The fourth-order valence-corrected chi connectivity index (χ4v) is 2.47. The number of rotatable bonds is 3. The zero-order chi connectivity index (χ0) is 15.7. The highest BCUT2D eigenvalue weighted by atomic mass is 16.5. The number of carbonyl (C=O) groups is 1. The molecule has 0 unspecified atom stereocenters. The summed E-state index contributed by atoms with van der Waals surface area (Å²) < 4.78 is 6.68. The quantitative estimate of drug-likeness (QED) is 0.780. The van der Waals surface area contributed by atoms with E-state index in [1.807, 2.05) is 24.3 Å². The van der Waals surface area contributed by atoms with E-state index < -0.39 is 0 Å². The van der Waals surface area contributed by atoms with Gasteiger partial charge in [0, 0.05) is 18.1 Å². The lowest BCUT2D eigenvalue weighted by molar-refractivity contribution is 0.102. The van der Waals surface area contributed by atoms with Gasteiger partial charge < -0.3 is 19.7 Å². The average molecular weight is 296 g/mol. The van der Waals surface area contributed by atoms with Crippen molar-refractivity contribution in [1.82, 2.24) is 4.57 Å². The highest BCUT2D eigenvalue weighted by Gasteiger charge is 2.20. The fraction of sp³-hybridized carbons (Fsp3) is 0.118. The van der Waals surface area contributed by atoms with Crippen LogP contribution < -0.4 is 10.1 Å². The Balaban J connectivity index is 1.96. The molecule has 0 saturated carbocycles. The number of aryl methyl sites for hydroxylation is 1. The summed E-state index contributed by atoms with van der Waals surface area (Å²) in [5.41, 5.74) is 1.71. The maximum absolute atomic E-state index is 12.5. The molecule has 3 aromatic rings. The molecule has 2 aromatic carbocycles. The number of methoxy groups -OCH3 is 1. The van der Waals surface area contributed by atoms with Gasteiger partial charge in [-0.05, 0) is 30.3 Å². The molecule has 22 heavy (non-hydrogen) atoms. The van der Waals surface area contributed by atoms with E-state index in [1.54, 1.807) is 43.0 Å². The summed E-state index contributed by atoms with van der Waals surface area (Å²) in [5, 5.41) is 13.7. The van der Waals surface area contributed by atoms with Crippen molar-refractivity contribution in [2.45, 2.75) is 0 Å². The molecule has 0 saturated heterocycles. The van der Waals surface area contributed by atoms with Gasteiger partial charge in [0.15, 0.2) is 0 Å². The lowest BCUT2D eigenvalue weighted by Crippen LogP contribution is -2.11. The van der Waals surface area contributed by atoms with E-state index in [0.29, 0.717) is 16.8 Å². The van der Waals surface area contributed by atoms with Crippen molar-refractivity contribution in [3.05, 3.63) is 54.1 Å². The highest BCUT2D eigenvalue weighted by molar-refractivity contribution is 6.15. The monoisotopic (exact) mass is 296 g/mol. The normalized spacial score (nSPS) is 10.6. The second kappa shape index (κ2) is 5.44. The minimum atomic E-state index is -0.348. The van der Waals surface area contributed by atoms with Gasteiger partial charge in [0.1, 0.15) is 11.3 Å². The summed E-state index contributed by atoms with van der Waals surface area (Å²) in [4.78, 5) is 12.5. The number of amides is 1. The predicted octanol–water partition coefficient (Wildman–Crippen LogP) is 3.14. The second-order valence-electron chi connectivity index (χ2n) is 4.96. The molecule has 0 fully saturated rings. The molecule has 1 aromatic heterocycles. The number of nitrogens with zero attached hydrogens (tertiary/aromatic N) is 1. The third kappa shape index (κ3) is 2.26. The van der Waals surface area contributed by atoms with Crippen LogP contribution in [0, 0.1) is 0 Å². The molecule has 1 amide bonds. The molecule has 1 heterocycles. The van der Waals surface area contributed by atoms with Crippen molar-refractivity contribution in [1.29, 1.82) is 0 Å². The molecule has 0 bridgehead atoms. The molecule has 5 nitrogen and oxygen atoms in total. The van der Waals surface area contributed by atoms with Crippen molar-refractivity contribution >= 4 is 22.5 Å². The number of nitrogens with one attached hydrogen (secondary N) is 1. The Labute approximate surface area is 127 Å². The topological polar surface area (TPSA) is 63.5 Å². The summed E-state index contributed by atoms with van der Waals surface area (Å²) in [6, 6.07) is 14.4. The summed E-state index contributed by atoms with van der Waals surface area (Å²) in [5.74, 6) is 0.317. The van der Waals surface area contributed by atoms with Gasteiger partial charge in [0.05, 0.1) is 12.6 Å². The van der Waals surface area contributed by atoms with E-state index in [-0.39, 0.29) is 17.4 Å². The molecule has 0 atom stereocenters. The number of aromatic hydroxyl groups is 1. The second-order valence-corrected chi connectivity index (χ2v) is 4.96. The summed E-state index contributed by atoms with van der Waals surface area (Å²) in [6.45, 7) is 0. The molecule has 112 valence electrons. The van der Waals surface area contributed by atoms with Gasteiger partial charge in [-0.2, -0.15) is 0 Å². The zero-order valence-electron chi connectivity index (χ0n) is 12.3. The van der Waals surface area contributed by atoms with Gasteiger partial charge in [0.25, 0.3) is 5.91 Å². The van der Waals surface area contributed by atoms with Crippen LogP contribution in [-0.4, -0.2) is 22.7 Å². The summed E-state index contributed by atoms with van der Waals surface area (Å²) in [6.07, 6.45) is 0. The van der Waals surface area contributed by atoms with E-state index in [2.05, 4.69) is 5.32 Å². The number of benzene rings is 2. The van der Waals surface area contributed by atoms with Crippen LogP contribution in [0.15, 0.2) is 48.5 Å². The smallest absolute Gasteiger partial charge is 0.261 e. The lowest BCUT2D eigenvalue weighted by atomic mass is 10.1.